The Bertz CT molecular complexity index is 4100. The molecule has 0 radical (unpaired) electrons. The molecule has 7 aliphatic rings. The minimum absolute atomic E-state index is 0.266. The van der Waals surface area contributed by atoms with Crippen LogP contribution in [0.15, 0.2) is 194 Å². The summed E-state index contributed by atoms with van der Waals surface area (Å²) in [5.74, 6) is 1.73. The molecule has 0 bridgehead atoms. The lowest BCUT2D eigenvalue weighted by atomic mass is 9.64. The molecule has 66 heavy (non-hydrogen) atoms. The molecule has 19 rings (SSSR count). The van der Waals surface area contributed by atoms with E-state index in [1.54, 1.807) is 0 Å². The number of pyridine rings is 2. The van der Waals surface area contributed by atoms with E-state index < -0.39 is 10.8 Å². The number of benzene rings is 8. The first-order chi connectivity index (χ1) is 32.8. The molecular formula is C60H32N5O+3. The summed E-state index contributed by atoms with van der Waals surface area (Å²) >= 11 is 0. The highest BCUT2D eigenvalue weighted by molar-refractivity contribution is 6.15. The average Bonchev–Trinajstić information content (AvgIpc) is 4.09. The first-order valence-corrected chi connectivity index (χ1v) is 23.1. The number of quaternary nitrogens is 1. The van der Waals surface area contributed by atoms with Crippen molar-refractivity contribution in [1.29, 1.82) is 0 Å². The van der Waals surface area contributed by atoms with Crippen LogP contribution < -0.4 is 18.8 Å². The van der Waals surface area contributed by atoms with Gasteiger partial charge in [-0.15, -0.1) is 0 Å². The lowest BCUT2D eigenvalue weighted by Gasteiger charge is -2.44. The van der Waals surface area contributed by atoms with E-state index in [4.69, 9.17) is 4.74 Å². The monoisotopic (exact) mass is 838 g/mol. The summed E-state index contributed by atoms with van der Waals surface area (Å²) < 4.78 is 18.2. The standard InChI is InChI=1S/C60H32N5O/c1-5-21-41-33(13-1)34-14-2-6-22-42(34)59(41)45-25-9-17-37-39-19-11-31-61-57(39)63(51(37)45)53-47(59)27-29-49-55(53)65(61)56-50(66-49)30-28-48-54(56)64-52-38(40-20-12-32-62(65)58(40)64)18-10-26-46(52)60(48)43-23-7-3-15-35(43)36-16-4-8-24-44(36)60/h1-32H/q+3. The summed E-state index contributed by atoms with van der Waals surface area (Å²) in [6.45, 7) is 0. The van der Waals surface area contributed by atoms with Crippen LogP contribution in [-0.2, 0) is 10.8 Å². The summed E-state index contributed by atoms with van der Waals surface area (Å²) in [4.78, 5) is 0. The molecule has 0 N–H and O–H groups in total. The van der Waals surface area contributed by atoms with Crippen LogP contribution in [0.5, 0.6) is 11.5 Å². The Morgan fingerprint density at radius 3 is 1.15 bits per heavy atom. The van der Waals surface area contributed by atoms with Gasteiger partial charge >= 0.3 is 22.7 Å². The van der Waals surface area contributed by atoms with Gasteiger partial charge < -0.3 is 4.74 Å². The van der Waals surface area contributed by atoms with E-state index in [9.17, 15) is 0 Å². The van der Waals surface area contributed by atoms with Crippen LogP contribution in [0.1, 0.15) is 44.5 Å². The third-order valence-corrected chi connectivity index (χ3v) is 17.1. The Kier molecular flexibility index (Phi) is 4.81. The van der Waals surface area contributed by atoms with Crippen molar-refractivity contribution in [2.45, 2.75) is 10.8 Å². The molecule has 0 fully saturated rings. The molecule has 0 unspecified atom stereocenters. The lowest BCUT2D eigenvalue weighted by molar-refractivity contribution is -1.02. The van der Waals surface area contributed by atoms with Crippen molar-refractivity contribution < 1.29 is 14.1 Å². The van der Waals surface area contributed by atoms with E-state index in [0.717, 1.165) is 22.9 Å². The van der Waals surface area contributed by atoms with Crippen molar-refractivity contribution in [3.05, 3.63) is 239 Å². The Morgan fingerprint density at radius 2 is 0.727 bits per heavy atom. The largest absolute Gasteiger partial charge is 0.444 e. The maximum atomic E-state index is 7.53. The van der Waals surface area contributed by atoms with Crippen LogP contribution >= 0.6 is 0 Å². The summed E-state index contributed by atoms with van der Waals surface area (Å²) in [6.07, 6.45) is 4.66. The highest BCUT2D eigenvalue weighted by Crippen LogP contribution is 2.69. The van der Waals surface area contributed by atoms with Gasteiger partial charge in [0.15, 0.2) is 12.4 Å². The maximum absolute atomic E-state index is 7.53. The zero-order valence-corrected chi connectivity index (χ0v) is 35.1. The van der Waals surface area contributed by atoms with Crippen molar-refractivity contribution in [2.75, 3.05) is 0 Å². The van der Waals surface area contributed by atoms with Crippen LogP contribution in [0.3, 0.4) is 0 Å². The predicted octanol–water partition coefficient (Wildman–Crippen LogP) is 12.1. The molecule has 0 atom stereocenters. The second-order valence-corrected chi connectivity index (χ2v) is 19.3. The Hall–Kier alpha value is -8.58. The van der Waals surface area contributed by atoms with E-state index >= 15 is 0 Å². The minimum Gasteiger partial charge on any atom is -0.444 e. The highest BCUT2D eigenvalue weighted by Gasteiger charge is 2.71. The van der Waals surface area contributed by atoms with Crippen molar-refractivity contribution in [3.8, 4) is 45.1 Å². The third kappa shape index (κ3) is 2.82. The molecule has 12 aromatic rings. The molecule has 0 saturated heterocycles. The van der Waals surface area contributed by atoms with Crippen LogP contribution in [0.4, 0.5) is 11.4 Å². The van der Waals surface area contributed by atoms with Gasteiger partial charge in [0.2, 0.25) is 22.9 Å². The number of fused-ring (bicyclic) bond motifs is 16. The number of aromatic nitrogens is 4. The van der Waals surface area contributed by atoms with Gasteiger partial charge in [0, 0.05) is 33.0 Å². The predicted molar refractivity (Wildman–Crippen MR) is 256 cm³/mol. The molecule has 0 amide bonds. The second-order valence-electron chi connectivity index (χ2n) is 19.3. The van der Waals surface area contributed by atoms with Gasteiger partial charge in [-0.25, -0.2) is 0 Å². The van der Waals surface area contributed by atoms with Crippen molar-refractivity contribution in [3.63, 3.8) is 0 Å². The fourth-order valence-corrected chi connectivity index (χ4v) is 15.2. The summed E-state index contributed by atoms with van der Waals surface area (Å²) in [5, 5.41) is 4.98. The van der Waals surface area contributed by atoms with Crippen LogP contribution in [-0.4, -0.2) is 9.13 Å². The number of hydrogen-bond donors (Lipinski definition) is 0. The molecule has 0 saturated carbocycles. The number of hydrogen-bond acceptors (Lipinski definition) is 1. The summed E-state index contributed by atoms with van der Waals surface area (Å²) in [7, 11) is 0. The molecule has 4 aromatic heterocycles. The van der Waals surface area contributed by atoms with Gasteiger partial charge in [0.05, 0.1) is 26.3 Å². The molecule has 2 aliphatic carbocycles. The molecule has 8 aromatic carbocycles. The van der Waals surface area contributed by atoms with Crippen molar-refractivity contribution >= 4 is 55.2 Å². The zero-order valence-electron chi connectivity index (χ0n) is 35.1. The molecule has 9 heterocycles. The maximum Gasteiger partial charge on any atom is 0.350 e. The smallest absolute Gasteiger partial charge is 0.350 e. The second kappa shape index (κ2) is 9.88. The Balaban J connectivity index is 1.09. The highest BCUT2D eigenvalue weighted by atomic mass is 16.5. The average molecular weight is 839 g/mol. The minimum atomic E-state index is -0.582. The van der Waals surface area contributed by atoms with Gasteiger partial charge in [-0.1, -0.05) is 121 Å². The molecular weight excluding hydrogens is 807 g/mol. The number of nitrogens with zero attached hydrogens (tertiary/aromatic N) is 5. The number of para-hydroxylation sites is 2. The molecule has 5 aliphatic heterocycles. The molecule has 300 valence electrons. The molecule has 3 spiro atoms. The summed E-state index contributed by atoms with van der Waals surface area (Å²) in [6, 6.07) is 69.3. The summed E-state index contributed by atoms with van der Waals surface area (Å²) in [5.41, 5.74) is 24.0. The zero-order chi connectivity index (χ0) is 42.2. The Morgan fingerprint density at radius 1 is 0.348 bits per heavy atom. The first kappa shape index (κ1) is 32.1. The van der Waals surface area contributed by atoms with Crippen molar-refractivity contribution in [1.82, 2.24) is 13.8 Å². The number of ether oxygens (including phenoxy) is 1. The van der Waals surface area contributed by atoms with Crippen LogP contribution in [0, 0.1) is 0 Å². The van der Waals surface area contributed by atoms with Gasteiger partial charge in [0.25, 0.3) is 0 Å². The molecule has 6 heteroatoms. The lowest BCUT2D eigenvalue weighted by Crippen LogP contribution is -2.86. The van der Waals surface area contributed by atoms with E-state index in [1.165, 1.54) is 122 Å². The van der Waals surface area contributed by atoms with Crippen LogP contribution in [0.25, 0.3) is 77.5 Å². The topological polar surface area (TPSA) is 26.8 Å². The van der Waals surface area contributed by atoms with Crippen molar-refractivity contribution in [2.24, 2.45) is 0 Å². The SMILES string of the molecule is c1ccc2c(c1)-c1ccccc1C21c2ccc3c4c2-n2c5c1cccc5c1ccc[n+](c12)[N+]41c2c(ccc4c2-n2c5c(cccc5c5ccc[n+]1c52)C41c2ccccc2-c2ccccc21)O3. The third-order valence-electron chi connectivity index (χ3n) is 17.1. The normalized spacial score (nSPS) is 16.7. The fourth-order valence-electron chi connectivity index (χ4n) is 15.2. The first-order valence-electron chi connectivity index (χ1n) is 23.1. The fraction of sp³-hybridized carbons (Fsp3) is 0.0333. The number of rotatable bonds is 0. The van der Waals surface area contributed by atoms with Gasteiger partial charge in [-0.05, 0) is 115 Å². The molecule has 6 nitrogen and oxygen atoms in total. The van der Waals surface area contributed by atoms with Gasteiger partial charge in [-0.2, -0.15) is 9.13 Å². The van der Waals surface area contributed by atoms with Gasteiger partial charge in [-0.3, -0.25) is 0 Å². The van der Waals surface area contributed by atoms with E-state index in [-0.39, 0.29) is 4.70 Å². The van der Waals surface area contributed by atoms with E-state index in [2.05, 4.69) is 213 Å². The van der Waals surface area contributed by atoms with Gasteiger partial charge in [0.1, 0.15) is 11.0 Å². The van der Waals surface area contributed by atoms with E-state index in [0.29, 0.717) is 0 Å². The Labute approximate surface area is 376 Å². The van der Waals surface area contributed by atoms with Crippen LogP contribution in [0.2, 0.25) is 0 Å². The van der Waals surface area contributed by atoms with E-state index in [1.807, 2.05) is 0 Å². The quantitative estimate of drug-likeness (QED) is 0.110.